The molecule has 2 aliphatic rings. The van der Waals surface area contributed by atoms with E-state index in [9.17, 15) is 4.79 Å². The maximum Gasteiger partial charge on any atom is 0.358 e. The number of methoxy groups -OCH3 is 1. The molecule has 100 valence electrons. The van der Waals surface area contributed by atoms with Gasteiger partial charge in [0.2, 0.25) is 0 Å². The maximum absolute atomic E-state index is 11.3. The Bertz CT molecular complexity index is 482. The quantitative estimate of drug-likeness (QED) is 0.597. The number of fused-ring (bicyclic) bond motifs is 1. The highest BCUT2D eigenvalue weighted by Gasteiger charge is 2.33. The van der Waals surface area contributed by atoms with Crippen LogP contribution in [0.25, 0.3) is 0 Å². The summed E-state index contributed by atoms with van der Waals surface area (Å²) >= 11 is 0. The molecule has 1 aromatic heterocycles. The topological polar surface area (TPSA) is 55.3 Å². The van der Waals surface area contributed by atoms with Crippen LogP contribution in [-0.4, -0.2) is 36.4 Å². The minimum atomic E-state index is -0.446. The normalized spacial score (nSPS) is 25.2. The molecule has 0 bridgehead atoms. The van der Waals surface area contributed by atoms with Crippen LogP contribution in [-0.2, 0) is 4.74 Å². The Morgan fingerprint density at radius 1 is 1.21 bits per heavy atom. The van der Waals surface area contributed by atoms with Crippen LogP contribution in [0.1, 0.15) is 23.3 Å². The van der Waals surface area contributed by atoms with Crippen molar-refractivity contribution in [1.82, 2.24) is 10.2 Å². The van der Waals surface area contributed by atoms with E-state index in [-0.39, 0.29) is 5.69 Å². The van der Waals surface area contributed by atoms with Crippen molar-refractivity contribution in [3.63, 3.8) is 0 Å². The number of hydrogen-bond acceptors (Lipinski definition) is 5. The van der Waals surface area contributed by atoms with Gasteiger partial charge in [0.15, 0.2) is 11.5 Å². The van der Waals surface area contributed by atoms with Crippen molar-refractivity contribution in [2.24, 2.45) is 11.8 Å². The second-order valence-electron chi connectivity index (χ2n) is 5.14. The Balaban J connectivity index is 1.72. The van der Waals surface area contributed by atoms with E-state index in [0.717, 1.165) is 43.6 Å². The van der Waals surface area contributed by atoms with Crippen LogP contribution in [0.15, 0.2) is 24.3 Å². The van der Waals surface area contributed by atoms with Crippen molar-refractivity contribution in [2.75, 3.05) is 25.1 Å². The molecule has 0 radical (unpaired) electrons. The molecule has 2 atom stereocenters. The van der Waals surface area contributed by atoms with Crippen LogP contribution in [0.5, 0.6) is 0 Å². The summed E-state index contributed by atoms with van der Waals surface area (Å²) < 4.78 is 4.62. The van der Waals surface area contributed by atoms with Crippen molar-refractivity contribution < 1.29 is 9.53 Å². The van der Waals surface area contributed by atoms with E-state index in [1.807, 2.05) is 6.07 Å². The molecule has 0 spiro atoms. The number of aromatic nitrogens is 2. The van der Waals surface area contributed by atoms with Crippen LogP contribution >= 0.6 is 0 Å². The zero-order chi connectivity index (χ0) is 13.2. The largest absolute Gasteiger partial charge is 0.464 e. The average Bonchev–Trinajstić information content (AvgIpc) is 2.90. The number of allylic oxidation sites excluding steroid dienone is 2. The lowest BCUT2D eigenvalue weighted by atomic mass is 9.86. The smallest absolute Gasteiger partial charge is 0.358 e. The van der Waals surface area contributed by atoms with Crippen molar-refractivity contribution in [3.05, 3.63) is 30.0 Å². The Morgan fingerprint density at radius 2 is 1.89 bits per heavy atom. The molecule has 1 aliphatic heterocycles. The number of nitrogens with zero attached hydrogens (tertiary/aromatic N) is 3. The molecule has 1 aromatic rings. The van der Waals surface area contributed by atoms with Crippen LogP contribution in [0, 0.1) is 11.8 Å². The summed E-state index contributed by atoms with van der Waals surface area (Å²) in [7, 11) is 1.34. The third kappa shape index (κ3) is 2.32. The van der Waals surface area contributed by atoms with E-state index in [1.54, 1.807) is 6.07 Å². The Kier molecular flexibility index (Phi) is 3.19. The molecule has 2 heterocycles. The second kappa shape index (κ2) is 4.99. The lowest BCUT2D eigenvalue weighted by Crippen LogP contribution is -2.21. The first-order valence-corrected chi connectivity index (χ1v) is 6.60. The highest BCUT2D eigenvalue weighted by atomic mass is 16.5. The first kappa shape index (κ1) is 12.1. The number of anilines is 1. The van der Waals surface area contributed by atoms with Gasteiger partial charge in [-0.15, -0.1) is 10.2 Å². The number of ether oxygens (including phenoxy) is 1. The first-order valence-electron chi connectivity index (χ1n) is 6.60. The number of esters is 1. The van der Waals surface area contributed by atoms with Gasteiger partial charge in [0.1, 0.15) is 0 Å². The van der Waals surface area contributed by atoms with Gasteiger partial charge < -0.3 is 9.64 Å². The summed E-state index contributed by atoms with van der Waals surface area (Å²) in [5.41, 5.74) is 0.254. The monoisotopic (exact) mass is 259 g/mol. The van der Waals surface area contributed by atoms with Crippen LogP contribution < -0.4 is 4.90 Å². The van der Waals surface area contributed by atoms with Crippen LogP contribution in [0.4, 0.5) is 5.82 Å². The molecule has 1 aliphatic carbocycles. The van der Waals surface area contributed by atoms with Gasteiger partial charge in [0, 0.05) is 13.1 Å². The van der Waals surface area contributed by atoms with Crippen LogP contribution in [0.2, 0.25) is 0 Å². The SMILES string of the molecule is COC(=O)c1ccc(N2CC3CC=CCC3C2)nn1. The van der Waals surface area contributed by atoms with Crippen LogP contribution in [0.3, 0.4) is 0 Å². The molecule has 0 aromatic carbocycles. The Hall–Kier alpha value is -1.91. The lowest BCUT2D eigenvalue weighted by Gasteiger charge is -2.17. The molecule has 19 heavy (non-hydrogen) atoms. The van der Waals surface area contributed by atoms with Gasteiger partial charge in [-0.05, 0) is 36.8 Å². The van der Waals surface area contributed by atoms with E-state index in [2.05, 4.69) is 32.0 Å². The average molecular weight is 259 g/mol. The third-order valence-electron chi connectivity index (χ3n) is 3.99. The lowest BCUT2D eigenvalue weighted by molar-refractivity contribution is 0.0592. The highest BCUT2D eigenvalue weighted by molar-refractivity contribution is 5.86. The van der Waals surface area contributed by atoms with Crippen molar-refractivity contribution in [1.29, 1.82) is 0 Å². The van der Waals surface area contributed by atoms with Crippen molar-refractivity contribution in [2.45, 2.75) is 12.8 Å². The van der Waals surface area contributed by atoms with Gasteiger partial charge in [0.05, 0.1) is 7.11 Å². The second-order valence-corrected chi connectivity index (χ2v) is 5.14. The fraction of sp³-hybridized carbons (Fsp3) is 0.500. The van der Waals surface area contributed by atoms with Gasteiger partial charge in [-0.2, -0.15) is 0 Å². The van der Waals surface area contributed by atoms with Gasteiger partial charge in [-0.3, -0.25) is 0 Å². The summed E-state index contributed by atoms with van der Waals surface area (Å²) in [6.45, 7) is 2.06. The molecule has 5 heteroatoms. The van der Waals surface area contributed by atoms with Crippen molar-refractivity contribution in [3.8, 4) is 0 Å². The zero-order valence-corrected chi connectivity index (χ0v) is 11.0. The molecular weight excluding hydrogens is 242 g/mol. The minimum Gasteiger partial charge on any atom is -0.464 e. The Labute approximate surface area is 112 Å². The predicted octanol–water partition coefficient (Wildman–Crippen LogP) is 1.67. The zero-order valence-electron chi connectivity index (χ0n) is 11.0. The van der Waals surface area contributed by atoms with Gasteiger partial charge >= 0.3 is 5.97 Å². The molecule has 1 saturated heterocycles. The molecule has 0 amide bonds. The van der Waals surface area contributed by atoms with Crippen molar-refractivity contribution >= 4 is 11.8 Å². The number of hydrogen-bond donors (Lipinski definition) is 0. The Morgan fingerprint density at radius 3 is 2.42 bits per heavy atom. The fourth-order valence-electron chi connectivity index (χ4n) is 2.91. The van der Waals surface area contributed by atoms with E-state index >= 15 is 0 Å². The number of carbonyl (C=O) groups is 1. The van der Waals surface area contributed by atoms with E-state index in [4.69, 9.17) is 0 Å². The maximum atomic E-state index is 11.3. The minimum absolute atomic E-state index is 0.254. The molecule has 3 rings (SSSR count). The summed E-state index contributed by atoms with van der Waals surface area (Å²) in [5.74, 6) is 1.86. The standard InChI is InChI=1S/C14H17N3O2/c1-19-14(18)12-6-7-13(16-15-12)17-8-10-4-2-3-5-11(10)9-17/h2-3,6-7,10-11H,4-5,8-9H2,1H3. The third-order valence-corrected chi connectivity index (χ3v) is 3.99. The number of carbonyl (C=O) groups excluding carboxylic acids is 1. The molecule has 0 N–H and O–H groups in total. The molecule has 2 unspecified atom stereocenters. The molecule has 5 nitrogen and oxygen atoms in total. The first-order chi connectivity index (χ1) is 9.28. The molecular formula is C14H17N3O2. The fourth-order valence-corrected chi connectivity index (χ4v) is 2.91. The summed E-state index contributed by atoms with van der Waals surface area (Å²) in [6, 6.07) is 3.53. The summed E-state index contributed by atoms with van der Waals surface area (Å²) in [4.78, 5) is 13.6. The van der Waals surface area contributed by atoms with Gasteiger partial charge in [-0.25, -0.2) is 4.79 Å². The summed E-state index contributed by atoms with van der Waals surface area (Å²) in [5, 5.41) is 8.07. The number of rotatable bonds is 2. The van der Waals surface area contributed by atoms with E-state index in [0.29, 0.717) is 0 Å². The van der Waals surface area contributed by atoms with E-state index < -0.39 is 5.97 Å². The highest BCUT2D eigenvalue weighted by Crippen LogP contribution is 2.34. The van der Waals surface area contributed by atoms with Gasteiger partial charge in [0.25, 0.3) is 0 Å². The molecule has 0 saturated carbocycles. The summed E-state index contributed by atoms with van der Waals surface area (Å²) in [6.07, 6.45) is 6.87. The predicted molar refractivity (Wildman–Crippen MR) is 70.9 cm³/mol. The molecule has 1 fully saturated rings. The van der Waals surface area contributed by atoms with E-state index in [1.165, 1.54) is 7.11 Å². The van der Waals surface area contributed by atoms with Gasteiger partial charge in [-0.1, -0.05) is 12.2 Å².